The molecule has 1 N–H and O–H groups in total. The van der Waals surface area contributed by atoms with Gasteiger partial charge in [-0.15, -0.1) is 0 Å². The molecule has 0 fully saturated rings. The van der Waals surface area contributed by atoms with Crippen LogP contribution in [0.4, 0.5) is 0 Å². The van der Waals surface area contributed by atoms with Gasteiger partial charge in [0.25, 0.3) is 11.5 Å². The molecule has 0 atom stereocenters. The SMILES string of the molecule is O=C(c1c[nH]c(=O)c(-c2ccccc2)c1)N1CCc2ccccc2C1. The summed E-state index contributed by atoms with van der Waals surface area (Å²) in [5, 5.41) is 0. The van der Waals surface area contributed by atoms with E-state index >= 15 is 0 Å². The minimum absolute atomic E-state index is 0.0528. The highest BCUT2D eigenvalue weighted by Gasteiger charge is 2.22. The van der Waals surface area contributed by atoms with Crippen LogP contribution in [0.1, 0.15) is 21.5 Å². The molecule has 0 saturated carbocycles. The zero-order valence-electron chi connectivity index (χ0n) is 13.7. The summed E-state index contributed by atoms with van der Waals surface area (Å²) in [6, 6.07) is 19.3. The Balaban J connectivity index is 1.65. The lowest BCUT2D eigenvalue weighted by Gasteiger charge is -2.29. The van der Waals surface area contributed by atoms with Gasteiger partial charge in [0.15, 0.2) is 0 Å². The Kier molecular flexibility index (Phi) is 3.94. The molecule has 0 spiro atoms. The first-order chi connectivity index (χ1) is 12.2. The number of amides is 1. The Morgan fingerprint density at radius 1 is 0.960 bits per heavy atom. The van der Waals surface area contributed by atoms with Crippen molar-refractivity contribution in [2.24, 2.45) is 0 Å². The lowest BCUT2D eigenvalue weighted by molar-refractivity contribution is 0.0734. The highest BCUT2D eigenvalue weighted by Crippen LogP contribution is 2.21. The van der Waals surface area contributed by atoms with Gasteiger partial charge in [0, 0.05) is 24.8 Å². The van der Waals surface area contributed by atoms with E-state index in [9.17, 15) is 9.59 Å². The number of benzene rings is 2. The van der Waals surface area contributed by atoms with Gasteiger partial charge in [0.1, 0.15) is 0 Å². The average Bonchev–Trinajstić information content (AvgIpc) is 2.68. The van der Waals surface area contributed by atoms with E-state index in [1.54, 1.807) is 6.07 Å². The third kappa shape index (κ3) is 2.98. The summed E-state index contributed by atoms with van der Waals surface area (Å²) in [6.07, 6.45) is 2.37. The second kappa shape index (κ2) is 6.40. The molecule has 2 heterocycles. The number of hydrogen-bond acceptors (Lipinski definition) is 2. The molecule has 0 radical (unpaired) electrons. The van der Waals surface area contributed by atoms with Crippen LogP contribution in [0, 0.1) is 0 Å². The standard InChI is InChI=1S/C21H18N2O2/c24-20-19(16-7-2-1-3-8-16)12-18(13-22-20)21(25)23-11-10-15-6-4-5-9-17(15)14-23/h1-9,12-13H,10-11,14H2,(H,22,24). The molecule has 0 unspecified atom stereocenters. The Morgan fingerprint density at radius 2 is 1.68 bits per heavy atom. The lowest BCUT2D eigenvalue weighted by atomic mass is 9.99. The molecular weight excluding hydrogens is 312 g/mol. The number of nitrogens with zero attached hydrogens (tertiary/aromatic N) is 1. The van der Waals surface area contributed by atoms with Gasteiger partial charge in [0.05, 0.1) is 5.56 Å². The molecule has 1 amide bonds. The Labute approximate surface area is 145 Å². The molecule has 4 heteroatoms. The maximum atomic E-state index is 12.9. The summed E-state index contributed by atoms with van der Waals surface area (Å²) < 4.78 is 0. The van der Waals surface area contributed by atoms with Crippen LogP contribution >= 0.6 is 0 Å². The zero-order valence-corrected chi connectivity index (χ0v) is 13.7. The summed E-state index contributed by atoms with van der Waals surface area (Å²) >= 11 is 0. The average molecular weight is 330 g/mol. The van der Waals surface area contributed by atoms with Crippen LogP contribution in [0.2, 0.25) is 0 Å². The van der Waals surface area contributed by atoms with E-state index in [0.717, 1.165) is 12.0 Å². The number of nitrogens with one attached hydrogen (secondary N) is 1. The van der Waals surface area contributed by atoms with Crippen molar-refractivity contribution in [1.82, 2.24) is 9.88 Å². The molecule has 25 heavy (non-hydrogen) atoms. The first kappa shape index (κ1) is 15.4. The topological polar surface area (TPSA) is 53.2 Å². The van der Waals surface area contributed by atoms with Crippen molar-refractivity contribution in [3.8, 4) is 11.1 Å². The summed E-state index contributed by atoms with van der Waals surface area (Å²) in [5.74, 6) is -0.0528. The fraction of sp³-hybridized carbons (Fsp3) is 0.143. The van der Waals surface area contributed by atoms with Gasteiger partial charge in [-0.1, -0.05) is 54.6 Å². The molecule has 1 aliphatic heterocycles. The van der Waals surface area contributed by atoms with Crippen molar-refractivity contribution in [3.63, 3.8) is 0 Å². The molecule has 124 valence electrons. The molecule has 2 aromatic carbocycles. The van der Waals surface area contributed by atoms with E-state index in [1.165, 1.54) is 17.3 Å². The number of pyridine rings is 1. The molecule has 3 aromatic rings. The number of H-pyrrole nitrogens is 1. The van der Waals surface area contributed by atoms with Crippen LogP contribution in [-0.2, 0) is 13.0 Å². The fourth-order valence-electron chi connectivity index (χ4n) is 3.29. The predicted octanol–water partition coefficient (Wildman–Crippen LogP) is 3.24. The van der Waals surface area contributed by atoms with Crippen LogP contribution in [0.3, 0.4) is 0 Å². The van der Waals surface area contributed by atoms with Crippen LogP contribution in [0.15, 0.2) is 71.7 Å². The van der Waals surface area contributed by atoms with E-state index in [-0.39, 0.29) is 11.5 Å². The van der Waals surface area contributed by atoms with Crippen molar-refractivity contribution < 1.29 is 4.79 Å². The second-order valence-corrected chi connectivity index (χ2v) is 6.24. The molecule has 4 nitrogen and oxygen atoms in total. The number of hydrogen-bond donors (Lipinski definition) is 1. The van der Waals surface area contributed by atoms with Crippen molar-refractivity contribution in [1.29, 1.82) is 0 Å². The van der Waals surface area contributed by atoms with Crippen molar-refractivity contribution in [2.75, 3.05) is 6.54 Å². The van der Waals surface area contributed by atoms with Gasteiger partial charge < -0.3 is 9.88 Å². The lowest BCUT2D eigenvalue weighted by Crippen LogP contribution is -2.36. The molecule has 0 saturated heterocycles. The second-order valence-electron chi connectivity index (χ2n) is 6.24. The van der Waals surface area contributed by atoms with E-state index < -0.39 is 0 Å². The third-order valence-electron chi connectivity index (χ3n) is 4.65. The molecule has 1 aromatic heterocycles. The quantitative estimate of drug-likeness (QED) is 0.784. The van der Waals surface area contributed by atoms with Crippen LogP contribution in [0.25, 0.3) is 11.1 Å². The number of carbonyl (C=O) groups is 1. The molecule has 0 bridgehead atoms. The number of fused-ring (bicyclic) bond motifs is 1. The van der Waals surface area contributed by atoms with Crippen molar-refractivity contribution in [2.45, 2.75) is 13.0 Å². The van der Waals surface area contributed by atoms with Crippen LogP contribution in [0.5, 0.6) is 0 Å². The van der Waals surface area contributed by atoms with Gasteiger partial charge in [-0.2, -0.15) is 0 Å². The summed E-state index contributed by atoms with van der Waals surface area (Å²) in [4.78, 5) is 29.6. The normalized spacial score (nSPS) is 13.4. The van der Waals surface area contributed by atoms with Crippen molar-refractivity contribution in [3.05, 3.63) is 93.9 Å². The number of rotatable bonds is 2. The monoisotopic (exact) mass is 330 g/mol. The van der Waals surface area contributed by atoms with E-state index in [2.05, 4.69) is 17.1 Å². The maximum Gasteiger partial charge on any atom is 0.255 e. The highest BCUT2D eigenvalue weighted by molar-refractivity contribution is 5.95. The van der Waals surface area contributed by atoms with Crippen LogP contribution < -0.4 is 5.56 Å². The molecule has 1 aliphatic rings. The van der Waals surface area contributed by atoms with Gasteiger partial charge >= 0.3 is 0 Å². The van der Waals surface area contributed by atoms with Gasteiger partial charge in [-0.05, 0) is 29.2 Å². The van der Waals surface area contributed by atoms with Gasteiger partial charge in [-0.25, -0.2) is 0 Å². The predicted molar refractivity (Wildman–Crippen MR) is 97.4 cm³/mol. The summed E-state index contributed by atoms with van der Waals surface area (Å²) in [5.41, 5.74) is 4.14. The number of carbonyl (C=O) groups excluding carboxylic acids is 1. The maximum absolute atomic E-state index is 12.9. The highest BCUT2D eigenvalue weighted by atomic mass is 16.2. The minimum atomic E-state index is -0.188. The summed E-state index contributed by atoms with van der Waals surface area (Å²) in [6.45, 7) is 1.30. The largest absolute Gasteiger partial charge is 0.334 e. The third-order valence-corrected chi connectivity index (χ3v) is 4.65. The van der Waals surface area contributed by atoms with Gasteiger partial charge in [-0.3, -0.25) is 9.59 Å². The Hall–Kier alpha value is -3.14. The Bertz CT molecular complexity index is 976. The first-order valence-electron chi connectivity index (χ1n) is 8.36. The zero-order chi connectivity index (χ0) is 17.2. The number of aromatic amines is 1. The fourth-order valence-corrected chi connectivity index (χ4v) is 3.29. The Morgan fingerprint density at radius 3 is 2.48 bits per heavy atom. The van der Waals surface area contributed by atoms with Gasteiger partial charge in [0.2, 0.25) is 0 Å². The summed E-state index contributed by atoms with van der Waals surface area (Å²) in [7, 11) is 0. The van der Waals surface area contributed by atoms with Crippen molar-refractivity contribution >= 4 is 5.91 Å². The molecule has 0 aliphatic carbocycles. The van der Waals surface area contributed by atoms with Crippen LogP contribution in [-0.4, -0.2) is 22.3 Å². The van der Waals surface area contributed by atoms with E-state index in [0.29, 0.717) is 24.2 Å². The first-order valence-corrected chi connectivity index (χ1v) is 8.36. The molecular formula is C21H18N2O2. The smallest absolute Gasteiger partial charge is 0.255 e. The van der Waals surface area contributed by atoms with E-state index in [1.807, 2.05) is 47.4 Å². The van der Waals surface area contributed by atoms with E-state index in [4.69, 9.17) is 0 Å². The molecule has 4 rings (SSSR count). The minimum Gasteiger partial charge on any atom is -0.334 e. The number of aromatic nitrogens is 1.